The molecule has 1 unspecified atom stereocenters. The number of halogens is 1. The molecule has 1 aliphatic heterocycles. The number of piperidine rings is 1. The fourth-order valence-corrected chi connectivity index (χ4v) is 4.01. The SMILES string of the molecule is Fc1ccc(CC2CCCN(c3nc4cnccc4nc3NC3CC3)C2)cc1. The number of anilines is 2. The maximum absolute atomic E-state index is 13.2. The van der Waals surface area contributed by atoms with Gasteiger partial charge < -0.3 is 10.2 Å². The number of rotatable bonds is 5. The Morgan fingerprint density at radius 2 is 1.89 bits per heavy atom. The topological polar surface area (TPSA) is 53.9 Å². The van der Waals surface area contributed by atoms with Gasteiger partial charge in [-0.3, -0.25) is 4.98 Å². The average molecular weight is 377 g/mol. The van der Waals surface area contributed by atoms with Crippen molar-refractivity contribution in [1.82, 2.24) is 15.0 Å². The summed E-state index contributed by atoms with van der Waals surface area (Å²) in [5.74, 6) is 2.18. The van der Waals surface area contributed by atoms with Gasteiger partial charge in [-0.2, -0.15) is 0 Å². The molecule has 3 aromatic rings. The van der Waals surface area contributed by atoms with Crippen LogP contribution in [0.15, 0.2) is 42.7 Å². The lowest BCUT2D eigenvalue weighted by atomic mass is 9.91. The van der Waals surface area contributed by atoms with Gasteiger partial charge in [0.1, 0.15) is 11.3 Å². The molecule has 2 fully saturated rings. The van der Waals surface area contributed by atoms with E-state index in [1.165, 1.54) is 24.8 Å². The first kappa shape index (κ1) is 17.3. The summed E-state index contributed by atoms with van der Waals surface area (Å²) >= 11 is 0. The van der Waals surface area contributed by atoms with Crippen LogP contribution in [0.1, 0.15) is 31.2 Å². The highest BCUT2D eigenvalue weighted by atomic mass is 19.1. The van der Waals surface area contributed by atoms with Crippen molar-refractivity contribution in [1.29, 1.82) is 0 Å². The van der Waals surface area contributed by atoms with E-state index in [1.807, 2.05) is 18.2 Å². The number of fused-ring (bicyclic) bond motifs is 1. The van der Waals surface area contributed by atoms with Crippen LogP contribution in [0.5, 0.6) is 0 Å². The lowest BCUT2D eigenvalue weighted by Gasteiger charge is -2.34. The zero-order valence-corrected chi connectivity index (χ0v) is 15.8. The van der Waals surface area contributed by atoms with E-state index in [1.54, 1.807) is 24.5 Å². The number of benzene rings is 1. The van der Waals surface area contributed by atoms with Crippen LogP contribution < -0.4 is 10.2 Å². The Labute approximate surface area is 164 Å². The quantitative estimate of drug-likeness (QED) is 0.722. The van der Waals surface area contributed by atoms with E-state index in [-0.39, 0.29) is 5.82 Å². The third-order valence-electron chi connectivity index (χ3n) is 5.62. The second kappa shape index (κ2) is 7.34. The van der Waals surface area contributed by atoms with E-state index in [0.717, 1.165) is 48.6 Å². The monoisotopic (exact) mass is 377 g/mol. The summed E-state index contributed by atoms with van der Waals surface area (Å²) in [5, 5.41) is 3.57. The summed E-state index contributed by atoms with van der Waals surface area (Å²) in [6.45, 7) is 1.93. The molecule has 28 heavy (non-hydrogen) atoms. The van der Waals surface area contributed by atoms with Crippen LogP contribution in [-0.4, -0.2) is 34.1 Å². The van der Waals surface area contributed by atoms with Crippen LogP contribution in [0.2, 0.25) is 0 Å². The van der Waals surface area contributed by atoms with E-state index in [9.17, 15) is 4.39 Å². The highest BCUT2D eigenvalue weighted by molar-refractivity contribution is 5.80. The van der Waals surface area contributed by atoms with Crippen LogP contribution in [0.3, 0.4) is 0 Å². The van der Waals surface area contributed by atoms with Gasteiger partial charge in [-0.1, -0.05) is 12.1 Å². The molecule has 1 saturated carbocycles. The summed E-state index contributed by atoms with van der Waals surface area (Å²) in [4.78, 5) is 16.3. The zero-order chi connectivity index (χ0) is 18.9. The number of hydrogen-bond donors (Lipinski definition) is 1. The molecule has 0 amide bonds. The van der Waals surface area contributed by atoms with Gasteiger partial charge in [-0.15, -0.1) is 0 Å². The Morgan fingerprint density at radius 1 is 1.04 bits per heavy atom. The minimum absolute atomic E-state index is 0.176. The molecule has 6 heteroatoms. The minimum Gasteiger partial charge on any atom is -0.364 e. The summed E-state index contributed by atoms with van der Waals surface area (Å²) in [6, 6.07) is 9.33. The first-order chi connectivity index (χ1) is 13.7. The van der Waals surface area contributed by atoms with Gasteiger partial charge in [0.05, 0.1) is 11.7 Å². The molecule has 5 nitrogen and oxygen atoms in total. The van der Waals surface area contributed by atoms with Gasteiger partial charge in [-0.25, -0.2) is 14.4 Å². The Morgan fingerprint density at radius 3 is 2.71 bits per heavy atom. The van der Waals surface area contributed by atoms with Crippen LogP contribution >= 0.6 is 0 Å². The number of aromatic nitrogens is 3. The Kier molecular flexibility index (Phi) is 4.55. The van der Waals surface area contributed by atoms with E-state index >= 15 is 0 Å². The van der Waals surface area contributed by atoms with Crippen molar-refractivity contribution in [3.05, 3.63) is 54.1 Å². The number of nitrogens with zero attached hydrogens (tertiary/aromatic N) is 4. The second-order valence-electron chi connectivity index (χ2n) is 7.96. The third-order valence-corrected chi connectivity index (χ3v) is 5.62. The molecule has 2 aromatic heterocycles. The molecule has 0 bridgehead atoms. The average Bonchev–Trinajstić information content (AvgIpc) is 3.53. The first-order valence-corrected chi connectivity index (χ1v) is 10.1. The van der Waals surface area contributed by atoms with Crippen molar-refractivity contribution < 1.29 is 4.39 Å². The van der Waals surface area contributed by atoms with Gasteiger partial charge in [0.25, 0.3) is 0 Å². The Bertz CT molecular complexity index is 970. The van der Waals surface area contributed by atoms with E-state index in [0.29, 0.717) is 12.0 Å². The molecule has 5 rings (SSSR count). The van der Waals surface area contributed by atoms with Crippen LogP contribution in [-0.2, 0) is 6.42 Å². The molecule has 2 aliphatic rings. The fourth-order valence-electron chi connectivity index (χ4n) is 4.01. The van der Waals surface area contributed by atoms with Gasteiger partial charge in [0, 0.05) is 25.3 Å². The maximum Gasteiger partial charge on any atom is 0.172 e. The first-order valence-electron chi connectivity index (χ1n) is 10.1. The maximum atomic E-state index is 13.2. The summed E-state index contributed by atoms with van der Waals surface area (Å²) in [5.41, 5.74) is 2.90. The van der Waals surface area contributed by atoms with Crippen LogP contribution in [0.4, 0.5) is 16.0 Å². The number of hydrogen-bond acceptors (Lipinski definition) is 5. The predicted molar refractivity (Wildman–Crippen MR) is 109 cm³/mol. The summed E-state index contributed by atoms with van der Waals surface area (Å²) < 4.78 is 13.2. The molecule has 1 N–H and O–H groups in total. The molecule has 3 heterocycles. The van der Waals surface area contributed by atoms with Crippen LogP contribution in [0.25, 0.3) is 11.0 Å². The van der Waals surface area contributed by atoms with Gasteiger partial charge in [0.15, 0.2) is 11.6 Å². The van der Waals surface area contributed by atoms with Gasteiger partial charge in [0.2, 0.25) is 0 Å². The lowest BCUT2D eigenvalue weighted by molar-refractivity contribution is 0.411. The molecule has 0 radical (unpaired) electrons. The molecular formula is C22H24FN5. The van der Waals surface area contributed by atoms with Gasteiger partial charge >= 0.3 is 0 Å². The second-order valence-corrected chi connectivity index (χ2v) is 7.96. The van der Waals surface area contributed by atoms with E-state index in [4.69, 9.17) is 9.97 Å². The van der Waals surface area contributed by atoms with Crippen molar-refractivity contribution in [2.75, 3.05) is 23.3 Å². The Hall–Kier alpha value is -2.76. The number of nitrogens with one attached hydrogen (secondary N) is 1. The summed E-state index contributed by atoms with van der Waals surface area (Å²) in [6.07, 6.45) is 9.21. The normalized spacial score (nSPS) is 19.8. The van der Waals surface area contributed by atoms with E-state index in [2.05, 4.69) is 15.2 Å². The highest BCUT2D eigenvalue weighted by Crippen LogP contribution is 2.33. The molecule has 1 atom stereocenters. The highest BCUT2D eigenvalue weighted by Gasteiger charge is 2.28. The third kappa shape index (κ3) is 3.77. The predicted octanol–water partition coefficient (Wildman–Crippen LogP) is 4.20. The Balaban J connectivity index is 1.40. The smallest absolute Gasteiger partial charge is 0.172 e. The largest absolute Gasteiger partial charge is 0.364 e. The minimum atomic E-state index is -0.176. The van der Waals surface area contributed by atoms with Crippen molar-refractivity contribution in [2.24, 2.45) is 5.92 Å². The number of pyridine rings is 1. The van der Waals surface area contributed by atoms with Crippen molar-refractivity contribution in [2.45, 2.75) is 38.1 Å². The molecule has 1 aromatic carbocycles. The van der Waals surface area contributed by atoms with Crippen molar-refractivity contribution in [3.63, 3.8) is 0 Å². The molecule has 1 saturated heterocycles. The lowest BCUT2D eigenvalue weighted by Crippen LogP contribution is -2.37. The standard InChI is InChI=1S/C22H24FN5/c23-17-5-3-15(4-6-17)12-16-2-1-11-28(14-16)22-21(25-18-7-8-18)26-19-9-10-24-13-20(19)27-22/h3-6,9-10,13,16,18H,1-2,7-8,11-12,14H2,(H,25,26). The van der Waals surface area contributed by atoms with Crippen molar-refractivity contribution >= 4 is 22.7 Å². The molecule has 1 aliphatic carbocycles. The molecular weight excluding hydrogens is 353 g/mol. The summed E-state index contributed by atoms with van der Waals surface area (Å²) in [7, 11) is 0. The van der Waals surface area contributed by atoms with Gasteiger partial charge in [-0.05, 0) is 61.8 Å². The molecule has 144 valence electrons. The van der Waals surface area contributed by atoms with E-state index < -0.39 is 0 Å². The van der Waals surface area contributed by atoms with Crippen molar-refractivity contribution in [3.8, 4) is 0 Å². The van der Waals surface area contributed by atoms with Crippen LogP contribution in [0, 0.1) is 11.7 Å². The molecule has 0 spiro atoms. The fraction of sp³-hybridized carbons (Fsp3) is 0.409. The zero-order valence-electron chi connectivity index (χ0n) is 15.8.